The van der Waals surface area contributed by atoms with Crippen LogP contribution in [0, 0.1) is 5.82 Å². The Kier molecular flexibility index (Phi) is 4.91. The summed E-state index contributed by atoms with van der Waals surface area (Å²) in [6, 6.07) is 4.08. The summed E-state index contributed by atoms with van der Waals surface area (Å²) in [4.78, 5) is 4.04. The second-order valence-corrected chi connectivity index (χ2v) is 7.47. The molecule has 0 radical (unpaired) electrons. The van der Waals surface area contributed by atoms with Crippen LogP contribution in [-0.2, 0) is 22.0 Å². The summed E-state index contributed by atoms with van der Waals surface area (Å²) in [7, 11) is 1.44. The number of rotatable bonds is 5. The van der Waals surface area contributed by atoms with E-state index in [1.54, 1.807) is 10.6 Å². The number of aromatic nitrogens is 2. The lowest BCUT2D eigenvalue weighted by Gasteiger charge is -2.08. The zero-order valence-corrected chi connectivity index (χ0v) is 13.5. The Morgan fingerprint density at radius 1 is 1.38 bits per heavy atom. The van der Waals surface area contributed by atoms with Crippen LogP contribution < -0.4 is 0 Å². The van der Waals surface area contributed by atoms with Gasteiger partial charge in [-0.25, -0.2) is 17.8 Å². The van der Waals surface area contributed by atoms with Gasteiger partial charge in [0, 0.05) is 28.3 Å². The van der Waals surface area contributed by atoms with Crippen molar-refractivity contribution in [2.45, 2.75) is 31.3 Å². The summed E-state index contributed by atoms with van der Waals surface area (Å²) >= 11 is 5.99. The number of halogens is 3. The molecule has 0 saturated carbocycles. The molecule has 0 fully saturated rings. The van der Waals surface area contributed by atoms with Gasteiger partial charge in [-0.3, -0.25) is 0 Å². The van der Waals surface area contributed by atoms with E-state index in [1.807, 2.05) is 6.92 Å². The van der Waals surface area contributed by atoms with Crippen molar-refractivity contribution >= 4 is 31.3 Å². The minimum Gasteiger partial charge on any atom is -0.329 e. The average molecular weight is 351 g/mol. The van der Waals surface area contributed by atoms with E-state index < -0.39 is 14.9 Å². The maximum Gasteiger partial charge on any atom is 0.280 e. The first kappa shape index (κ1) is 16.3. The van der Waals surface area contributed by atoms with E-state index in [1.165, 1.54) is 18.3 Å². The van der Waals surface area contributed by atoms with E-state index in [0.29, 0.717) is 24.4 Å². The van der Waals surface area contributed by atoms with Crippen LogP contribution in [0.25, 0.3) is 0 Å². The van der Waals surface area contributed by atoms with Gasteiger partial charge < -0.3 is 4.57 Å². The minimum absolute atomic E-state index is 0.189. The normalized spacial score (nSPS) is 11.8. The van der Waals surface area contributed by atoms with Gasteiger partial charge in [-0.1, -0.05) is 24.6 Å². The summed E-state index contributed by atoms with van der Waals surface area (Å²) < 4.78 is 37.5. The molecule has 0 atom stereocenters. The van der Waals surface area contributed by atoms with E-state index in [-0.39, 0.29) is 10.0 Å². The van der Waals surface area contributed by atoms with Gasteiger partial charge in [0.25, 0.3) is 9.05 Å². The Balaban J connectivity index is 2.40. The van der Waals surface area contributed by atoms with Crippen LogP contribution >= 0.6 is 22.3 Å². The second-order valence-electron chi connectivity index (χ2n) is 4.55. The molecule has 0 spiro atoms. The fourth-order valence-corrected chi connectivity index (χ4v) is 2.86. The Bertz CT molecular complexity index is 760. The summed E-state index contributed by atoms with van der Waals surface area (Å²) in [5, 5.41) is 0.0901. The summed E-state index contributed by atoms with van der Waals surface area (Å²) in [5.41, 5.74) is 0.673. The predicted molar refractivity (Wildman–Crippen MR) is 79.8 cm³/mol. The SMILES string of the molecule is CCCc1nc(S(=O)(=O)Cl)cn1Cc1ccc(F)cc1Cl. The molecule has 2 aromatic rings. The molecule has 114 valence electrons. The summed E-state index contributed by atoms with van der Waals surface area (Å²) in [6.07, 6.45) is 2.77. The number of imidazole rings is 1. The average Bonchev–Trinajstić information content (AvgIpc) is 2.76. The molecule has 0 bridgehead atoms. The number of hydrogen-bond donors (Lipinski definition) is 0. The molecule has 0 N–H and O–H groups in total. The topological polar surface area (TPSA) is 52.0 Å². The van der Waals surface area contributed by atoms with Gasteiger partial charge in [-0.15, -0.1) is 0 Å². The van der Waals surface area contributed by atoms with E-state index in [4.69, 9.17) is 22.3 Å². The van der Waals surface area contributed by atoms with Crippen molar-refractivity contribution < 1.29 is 12.8 Å². The number of nitrogens with zero attached hydrogens (tertiary/aromatic N) is 2. The molecular formula is C13H13Cl2FN2O2S. The van der Waals surface area contributed by atoms with Crippen LogP contribution in [0.15, 0.2) is 29.4 Å². The summed E-state index contributed by atoms with van der Waals surface area (Å²) in [5.74, 6) is 0.171. The van der Waals surface area contributed by atoms with Gasteiger partial charge in [-0.2, -0.15) is 0 Å². The van der Waals surface area contributed by atoms with E-state index in [9.17, 15) is 12.8 Å². The van der Waals surface area contributed by atoms with Crippen LogP contribution in [0.2, 0.25) is 5.02 Å². The molecule has 0 saturated heterocycles. The maximum atomic E-state index is 13.0. The molecule has 0 aliphatic carbocycles. The second kappa shape index (κ2) is 6.34. The van der Waals surface area contributed by atoms with Crippen LogP contribution in [0.3, 0.4) is 0 Å². The van der Waals surface area contributed by atoms with Gasteiger partial charge in [0.15, 0.2) is 5.03 Å². The molecule has 1 aromatic heterocycles. The maximum absolute atomic E-state index is 13.0. The van der Waals surface area contributed by atoms with Crippen molar-refractivity contribution in [1.29, 1.82) is 0 Å². The Hall–Kier alpha value is -1.11. The molecular weight excluding hydrogens is 338 g/mol. The lowest BCUT2D eigenvalue weighted by molar-refractivity contribution is 0.606. The number of hydrogen-bond acceptors (Lipinski definition) is 3. The summed E-state index contributed by atoms with van der Waals surface area (Å²) in [6.45, 7) is 2.26. The van der Waals surface area contributed by atoms with Crippen molar-refractivity contribution in [3.05, 3.63) is 46.6 Å². The zero-order valence-electron chi connectivity index (χ0n) is 11.2. The predicted octanol–water partition coefficient (Wildman–Crippen LogP) is 3.60. The third-order valence-corrected chi connectivity index (χ3v) is 4.44. The van der Waals surface area contributed by atoms with Crippen molar-refractivity contribution in [3.63, 3.8) is 0 Å². The molecule has 1 aromatic carbocycles. The number of benzene rings is 1. The Morgan fingerprint density at radius 3 is 2.67 bits per heavy atom. The van der Waals surface area contributed by atoms with E-state index >= 15 is 0 Å². The third-order valence-electron chi connectivity index (χ3n) is 2.92. The van der Waals surface area contributed by atoms with Gasteiger partial charge in [-0.05, 0) is 24.1 Å². The van der Waals surface area contributed by atoms with Crippen LogP contribution in [-0.4, -0.2) is 18.0 Å². The van der Waals surface area contributed by atoms with Crippen LogP contribution in [0.4, 0.5) is 4.39 Å². The van der Waals surface area contributed by atoms with Gasteiger partial charge >= 0.3 is 0 Å². The quantitative estimate of drug-likeness (QED) is 0.774. The molecule has 4 nitrogen and oxygen atoms in total. The third kappa shape index (κ3) is 3.96. The van der Waals surface area contributed by atoms with Gasteiger partial charge in [0.2, 0.25) is 0 Å². The fourth-order valence-electron chi connectivity index (χ4n) is 1.94. The lowest BCUT2D eigenvalue weighted by atomic mass is 10.2. The highest BCUT2D eigenvalue weighted by molar-refractivity contribution is 8.13. The molecule has 8 heteroatoms. The highest BCUT2D eigenvalue weighted by Crippen LogP contribution is 2.21. The van der Waals surface area contributed by atoms with Crippen molar-refractivity contribution in [2.24, 2.45) is 0 Å². The first-order valence-electron chi connectivity index (χ1n) is 6.26. The van der Waals surface area contributed by atoms with Crippen molar-refractivity contribution in [1.82, 2.24) is 9.55 Å². The first-order valence-corrected chi connectivity index (χ1v) is 8.94. The smallest absolute Gasteiger partial charge is 0.280 e. The molecule has 1 heterocycles. The van der Waals surface area contributed by atoms with Crippen LogP contribution in [0.5, 0.6) is 0 Å². The molecule has 21 heavy (non-hydrogen) atoms. The fraction of sp³-hybridized carbons (Fsp3) is 0.308. The van der Waals surface area contributed by atoms with E-state index in [0.717, 1.165) is 6.42 Å². The first-order chi connectivity index (χ1) is 9.81. The van der Waals surface area contributed by atoms with Crippen molar-refractivity contribution in [3.8, 4) is 0 Å². The number of aryl methyl sites for hydroxylation is 1. The lowest BCUT2D eigenvalue weighted by Crippen LogP contribution is -2.04. The molecule has 0 unspecified atom stereocenters. The Labute approximate surface area is 131 Å². The Morgan fingerprint density at radius 2 is 2.10 bits per heavy atom. The monoisotopic (exact) mass is 350 g/mol. The highest BCUT2D eigenvalue weighted by Gasteiger charge is 2.18. The van der Waals surface area contributed by atoms with E-state index in [2.05, 4.69) is 4.98 Å². The van der Waals surface area contributed by atoms with Gasteiger partial charge in [0.1, 0.15) is 11.6 Å². The largest absolute Gasteiger partial charge is 0.329 e. The minimum atomic E-state index is -3.88. The molecule has 2 rings (SSSR count). The van der Waals surface area contributed by atoms with Crippen LogP contribution in [0.1, 0.15) is 24.7 Å². The van der Waals surface area contributed by atoms with Crippen molar-refractivity contribution in [2.75, 3.05) is 0 Å². The zero-order chi connectivity index (χ0) is 15.6. The van der Waals surface area contributed by atoms with Gasteiger partial charge in [0.05, 0.1) is 6.54 Å². The molecule has 0 aliphatic rings. The highest BCUT2D eigenvalue weighted by atomic mass is 35.7. The standard InChI is InChI=1S/C13H13Cl2FN2O2S/c1-2-3-12-17-13(21(15,19)20)8-18(12)7-9-4-5-10(16)6-11(9)14/h4-6,8H,2-3,7H2,1H3. The molecule has 0 amide bonds. The molecule has 0 aliphatic heterocycles.